The number of hydrogen-bond donors (Lipinski definition) is 7. The molecule has 364 valence electrons. The maximum Gasteiger partial charge on any atom is 0.301 e. The Hall–Kier alpha value is -7.04. The van der Waals surface area contributed by atoms with E-state index in [1.165, 1.54) is 60.7 Å². The average molecular weight is 1080 g/mol. The number of aromatic amines is 2. The van der Waals surface area contributed by atoms with Crippen molar-refractivity contribution in [2.75, 3.05) is 17.1 Å². The molecule has 5 aromatic carbocycles. The Balaban J connectivity index is 1.21. The van der Waals surface area contributed by atoms with Crippen LogP contribution in [0.3, 0.4) is 0 Å². The highest BCUT2D eigenvalue weighted by molar-refractivity contribution is 7.93. The van der Waals surface area contributed by atoms with Crippen LogP contribution < -0.4 is 9.86 Å². The molecule has 0 spiro atoms. The van der Waals surface area contributed by atoms with Crippen LogP contribution in [0.25, 0.3) is 89.7 Å². The summed E-state index contributed by atoms with van der Waals surface area (Å²) < 4.78 is 174. The van der Waals surface area contributed by atoms with Crippen molar-refractivity contribution < 1.29 is 64.1 Å². The monoisotopic (exact) mass is 1080 g/mol. The molecule has 0 amide bonds. The molecule has 10 rings (SSSR count). The Morgan fingerprint density at radius 3 is 1.41 bits per heavy atom. The SMILES string of the molecule is NS(=O)(=O)c1ccc2c3nc4nc(nc5[nH]c(nc6nc(nc([nH]3)c2c1)-c1ccc(S(=O)(=O)O)cc1-6)c1ccc(S(=O)(=O)O)cc51)-c1ccc(S(=O)(=O)Nc2ccc(S(=O)(=O)CCOS(=O)O)cc2)cc1-4. The summed E-state index contributed by atoms with van der Waals surface area (Å²) in [5, 5.41) is 6.17. The van der Waals surface area contributed by atoms with E-state index in [0.29, 0.717) is 0 Å². The number of benzene rings is 5. The van der Waals surface area contributed by atoms with Crippen LogP contribution in [0, 0.1) is 0 Å². The number of aromatic nitrogens is 8. The summed E-state index contributed by atoms with van der Waals surface area (Å²) in [6.45, 7) is -0.583. The summed E-state index contributed by atoms with van der Waals surface area (Å²) in [6, 6.07) is 19.2. The normalized spacial score (nSPS) is 13.5. The van der Waals surface area contributed by atoms with E-state index < -0.39 is 83.6 Å². The van der Waals surface area contributed by atoms with Crippen molar-refractivity contribution in [1.29, 1.82) is 0 Å². The third-order valence-corrected chi connectivity index (χ3v) is 17.0. The molecule has 8 bridgehead atoms. The number of hydrogen-bond acceptors (Lipinski definition) is 18. The minimum Gasteiger partial charge on any atom is -0.324 e. The fourth-order valence-corrected chi connectivity index (χ4v) is 11.7. The molecule has 0 saturated carbocycles. The number of sulfonamides is 2. The largest absolute Gasteiger partial charge is 0.324 e. The fourth-order valence-electron chi connectivity index (χ4n) is 7.65. The number of nitrogens with two attached hydrogens (primary N) is 1. The van der Waals surface area contributed by atoms with Crippen LogP contribution in [0.4, 0.5) is 5.69 Å². The van der Waals surface area contributed by atoms with Crippen LogP contribution in [0.2, 0.25) is 0 Å². The molecule has 5 heterocycles. The van der Waals surface area contributed by atoms with Gasteiger partial charge in [0.1, 0.15) is 22.6 Å². The van der Waals surface area contributed by atoms with Crippen molar-refractivity contribution in [2.45, 2.75) is 24.5 Å². The molecule has 25 nitrogen and oxygen atoms in total. The van der Waals surface area contributed by atoms with Gasteiger partial charge in [-0.15, -0.1) is 0 Å². The first-order valence-corrected chi connectivity index (χ1v) is 28.4. The van der Waals surface area contributed by atoms with E-state index in [1.807, 2.05) is 0 Å². The quantitative estimate of drug-likeness (QED) is 0.0716. The van der Waals surface area contributed by atoms with Gasteiger partial charge in [0, 0.05) is 49.5 Å². The highest BCUT2D eigenvalue weighted by Gasteiger charge is 2.27. The summed E-state index contributed by atoms with van der Waals surface area (Å²) in [5.41, 5.74) is 0.293. The van der Waals surface area contributed by atoms with E-state index in [-0.39, 0.29) is 110 Å². The van der Waals surface area contributed by atoms with Crippen LogP contribution in [0.1, 0.15) is 0 Å². The van der Waals surface area contributed by atoms with E-state index >= 15 is 0 Å². The molecule has 1 atom stereocenters. The van der Waals surface area contributed by atoms with Gasteiger partial charge in [0.25, 0.3) is 30.3 Å². The predicted molar refractivity (Wildman–Crippen MR) is 253 cm³/mol. The molecule has 0 aliphatic carbocycles. The van der Waals surface area contributed by atoms with Crippen molar-refractivity contribution in [3.05, 3.63) is 97.1 Å². The van der Waals surface area contributed by atoms with Gasteiger partial charge < -0.3 is 9.97 Å². The fraction of sp³-hybridized carbons (Fsp3) is 0.0500. The summed E-state index contributed by atoms with van der Waals surface area (Å²) >= 11 is -2.68. The lowest BCUT2D eigenvalue weighted by Gasteiger charge is -2.10. The third kappa shape index (κ3) is 9.03. The second-order valence-electron chi connectivity index (χ2n) is 15.4. The Labute approximate surface area is 402 Å². The lowest BCUT2D eigenvalue weighted by atomic mass is 10.1. The third-order valence-electron chi connectivity index (χ3n) is 11.0. The summed E-state index contributed by atoms with van der Waals surface area (Å²) in [4.78, 5) is 32.2. The number of nitrogens with one attached hydrogen (secondary N) is 3. The second kappa shape index (κ2) is 16.8. The Morgan fingerprint density at radius 2 is 0.915 bits per heavy atom. The van der Waals surface area contributed by atoms with Crippen LogP contribution in [0.15, 0.2) is 122 Å². The van der Waals surface area contributed by atoms with Gasteiger partial charge in [-0.05, 0) is 97.1 Å². The summed E-state index contributed by atoms with van der Waals surface area (Å²) in [6.07, 6.45) is 0. The Kier molecular flexibility index (Phi) is 11.3. The molecule has 31 heteroatoms. The maximum absolute atomic E-state index is 14.0. The molecule has 2 aliphatic heterocycles. The van der Waals surface area contributed by atoms with Crippen LogP contribution in [0.5, 0.6) is 0 Å². The zero-order valence-corrected chi connectivity index (χ0v) is 40.0. The topological polar surface area (TPSA) is 405 Å². The molecule has 0 radical (unpaired) electrons. The average Bonchev–Trinajstić information content (AvgIpc) is 4.02. The molecule has 0 saturated heterocycles. The number of rotatable bonds is 11. The molecular formula is C40H28N10O15S6. The van der Waals surface area contributed by atoms with E-state index in [9.17, 15) is 55.4 Å². The molecule has 3 aromatic heterocycles. The van der Waals surface area contributed by atoms with E-state index in [1.54, 1.807) is 0 Å². The summed E-state index contributed by atoms with van der Waals surface area (Å²) in [7, 11) is -22.4. The van der Waals surface area contributed by atoms with Crippen LogP contribution in [-0.4, -0.2) is 112 Å². The maximum atomic E-state index is 14.0. The number of sulfone groups is 1. The smallest absolute Gasteiger partial charge is 0.301 e. The van der Waals surface area contributed by atoms with Gasteiger partial charge in [-0.1, -0.05) is 0 Å². The first-order valence-electron chi connectivity index (χ1n) is 19.8. The Bertz CT molecular complexity index is 4420. The highest BCUT2D eigenvalue weighted by atomic mass is 32.2. The molecule has 8 aromatic rings. The zero-order valence-electron chi connectivity index (χ0n) is 35.1. The Morgan fingerprint density at radius 1 is 0.507 bits per heavy atom. The second-order valence-corrected chi connectivity index (χ2v) is 24.3. The molecule has 0 fully saturated rings. The van der Waals surface area contributed by atoms with Crippen molar-refractivity contribution in [2.24, 2.45) is 5.14 Å². The molecule has 8 N–H and O–H groups in total. The van der Waals surface area contributed by atoms with Crippen LogP contribution in [-0.2, 0) is 65.7 Å². The molecular weight excluding hydrogens is 1050 g/mol. The number of fused-ring (bicyclic) bond motifs is 20. The van der Waals surface area contributed by atoms with Crippen molar-refractivity contribution in [3.63, 3.8) is 0 Å². The molecule has 71 heavy (non-hydrogen) atoms. The minimum atomic E-state index is -4.79. The predicted octanol–water partition coefficient (Wildman–Crippen LogP) is 3.74. The number of nitrogens with zero attached hydrogens (tertiary/aromatic N) is 6. The number of anilines is 1. The van der Waals surface area contributed by atoms with E-state index in [0.717, 1.165) is 36.4 Å². The van der Waals surface area contributed by atoms with E-state index in [4.69, 9.17) is 24.6 Å². The lowest BCUT2D eigenvalue weighted by molar-refractivity contribution is 0.326. The van der Waals surface area contributed by atoms with E-state index in [2.05, 4.69) is 33.8 Å². The highest BCUT2D eigenvalue weighted by Crippen LogP contribution is 2.39. The number of H-pyrrole nitrogens is 2. The molecule has 2 aliphatic rings. The van der Waals surface area contributed by atoms with Gasteiger partial charge >= 0.3 is 11.4 Å². The van der Waals surface area contributed by atoms with Gasteiger partial charge in [-0.25, -0.2) is 60.3 Å². The van der Waals surface area contributed by atoms with Gasteiger partial charge in [0.15, 0.2) is 33.1 Å². The van der Waals surface area contributed by atoms with Gasteiger partial charge in [0.05, 0.1) is 36.8 Å². The van der Waals surface area contributed by atoms with Crippen molar-refractivity contribution in [1.82, 2.24) is 39.9 Å². The molecule has 1 unspecified atom stereocenters. The van der Waals surface area contributed by atoms with Crippen LogP contribution >= 0.6 is 0 Å². The first-order chi connectivity index (χ1) is 33.3. The van der Waals surface area contributed by atoms with Crippen molar-refractivity contribution in [3.8, 4) is 45.6 Å². The van der Waals surface area contributed by atoms with Crippen molar-refractivity contribution >= 4 is 111 Å². The minimum absolute atomic E-state index is 0.00443. The summed E-state index contributed by atoms with van der Waals surface area (Å²) in [5.74, 6) is -1.17. The van der Waals surface area contributed by atoms with Gasteiger partial charge in [-0.3, -0.25) is 22.6 Å². The number of primary sulfonamides is 1. The van der Waals surface area contributed by atoms with Gasteiger partial charge in [0.2, 0.25) is 10.0 Å². The first kappa shape index (κ1) is 47.6. The lowest BCUT2D eigenvalue weighted by Crippen LogP contribution is -2.14. The zero-order chi connectivity index (χ0) is 50.6. The van der Waals surface area contributed by atoms with Gasteiger partial charge in [-0.2, -0.15) is 21.0 Å². The standard InChI is InChI=1S/C40H28N10O15S6/c41-68(55,56)21-5-9-25-29(15-21)37-42-33(25)44-38-30-16-22(69(57,58)50-19-1-3-20(4-2-19)67(53,54)14-13-65-66(51)52)6-10-26(30)34(45-38)46-39-32-18-24(71(62,63)64)8-12-28(32)36(48-39)49-40-31-17-23(70(59,60)61)7-11-27(31)35(43-37)47-40/h1-12,15-18,50H,13-14H2,(H,51,52)(H2,41,55,56)(H,59,60,61)(H,62,63,64)(H2,42,43,44,45,46,47,48,49).